The van der Waals surface area contributed by atoms with E-state index in [9.17, 15) is 5.11 Å². The molecule has 3 atom stereocenters. The zero-order valence-electron chi connectivity index (χ0n) is 17.0. The van der Waals surface area contributed by atoms with Crippen molar-refractivity contribution in [2.75, 3.05) is 13.7 Å². The fraction of sp³-hybridized carbons (Fsp3) is 0.565. The number of nitrogens with zero attached hydrogens (tertiary/aromatic N) is 3. The van der Waals surface area contributed by atoms with E-state index >= 15 is 0 Å². The minimum absolute atomic E-state index is 0.319. The van der Waals surface area contributed by atoms with Gasteiger partial charge in [0.15, 0.2) is 0 Å². The van der Waals surface area contributed by atoms with Gasteiger partial charge in [-0.1, -0.05) is 25.0 Å². The minimum Gasteiger partial charge on any atom is -0.497 e. The molecule has 0 unspecified atom stereocenters. The van der Waals surface area contributed by atoms with Gasteiger partial charge in [0.2, 0.25) is 0 Å². The molecule has 150 valence electrons. The van der Waals surface area contributed by atoms with Crippen LogP contribution in [0.4, 0.5) is 0 Å². The Morgan fingerprint density at radius 1 is 1.18 bits per heavy atom. The van der Waals surface area contributed by atoms with Gasteiger partial charge in [-0.3, -0.25) is 4.90 Å². The van der Waals surface area contributed by atoms with Crippen LogP contribution < -0.4 is 4.74 Å². The van der Waals surface area contributed by atoms with Crippen LogP contribution in [0.1, 0.15) is 49.2 Å². The smallest absolute Gasteiger partial charge is 0.125 e. The maximum Gasteiger partial charge on any atom is 0.125 e. The van der Waals surface area contributed by atoms with Crippen molar-refractivity contribution < 1.29 is 9.84 Å². The third-order valence-corrected chi connectivity index (χ3v) is 6.63. The molecule has 0 radical (unpaired) electrons. The standard InChI is InChI=1S/C23H31N3O2/c1-17-24-13-10-19(25-17)16-26-14-12-23(27)11-4-3-5-21(23)22(26)15-18-6-8-20(28-2)9-7-18/h6-10,13,21-22,27H,3-5,11-12,14-16H2,1-2H3/t21-,22+,23+/m1/s1. The molecule has 1 saturated heterocycles. The molecule has 4 rings (SSSR count). The molecule has 2 heterocycles. The van der Waals surface area contributed by atoms with Crippen molar-refractivity contribution in [3.63, 3.8) is 0 Å². The molecule has 0 amide bonds. The summed E-state index contributed by atoms with van der Waals surface area (Å²) in [6, 6.07) is 10.7. The summed E-state index contributed by atoms with van der Waals surface area (Å²) in [5, 5.41) is 11.4. The summed E-state index contributed by atoms with van der Waals surface area (Å²) in [5.41, 5.74) is 1.85. The number of benzene rings is 1. The zero-order chi connectivity index (χ0) is 19.6. The fourth-order valence-corrected chi connectivity index (χ4v) is 5.14. The second-order valence-corrected chi connectivity index (χ2v) is 8.39. The average molecular weight is 382 g/mol. The number of piperidine rings is 1. The Morgan fingerprint density at radius 3 is 2.75 bits per heavy atom. The van der Waals surface area contributed by atoms with Gasteiger partial charge in [-0.25, -0.2) is 9.97 Å². The molecule has 2 fully saturated rings. The van der Waals surface area contributed by atoms with Crippen LogP contribution in [0.3, 0.4) is 0 Å². The summed E-state index contributed by atoms with van der Waals surface area (Å²) >= 11 is 0. The Kier molecular flexibility index (Phi) is 5.65. The van der Waals surface area contributed by atoms with Gasteiger partial charge in [-0.05, 0) is 56.4 Å². The van der Waals surface area contributed by atoms with Crippen LogP contribution in [-0.2, 0) is 13.0 Å². The molecule has 5 heteroatoms. The Balaban J connectivity index is 1.59. The Bertz CT molecular complexity index is 795. The molecule has 5 nitrogen and oxygen atoms in total. The van der Waals surface area contributed by atoms with Crippen LogP contribution in [0.2, 0.25) is 0 Å². The number of hydrogen-bond acceptors (Lipinski definition) is 5. The van der Waals surface area contributed by atoms with Gasteiger partial charge in [-0.15, -0.1) is 0 Å². The first-order valence-electron chi connectivity index (χ1n) is 10.5. The van der Waals surface area contributed by atoms with Crippen LogP contribution in [-0.4, -0.2) is 45.3 Å². The van der Waals surface area contributed by atoms with Gasteiger partial charge in [0, 0.05) is 31.2 Å². The lowest BCUT2D eigenvalue weighted by atomic mass is 9.66. The second kappa shape index (κ2) is 8.18. The average Bonchev–Trinajstić information content (AvgIpc) is 2.70. The fourth-order valence-electron chi connectivity index (χ4n) is 5.14. The van der Waals surface area contributed by atoms with E-state index in [2.05, 4.69) is 27.0 Å². The predicted octanol–water partition coefficient (Wildman–Crippen LogP) is 3.53. The van der Waals surface area contributed by atoms with Crippen LogP contribution in [0, 0.1) is 12.8 Å². The van der Waals surface area contributed by atoms with E-state index in [4.69, 9.17) is 4.74 Å². The monoisotopic (exact) mass is 381 g/mol. The third-order valence-electron chi connectivity index (χ3n) is 6.63. The van der Waals surface area contributed by atoms with Crippen LogP contribution in [0.5, 0.6) is 5.75 Å². The lowest BCUT2D eigenvalue weighted by Gasteiger charge is -2.52. The lowest BCUT2D eigenvalue weighted by molar-refractivity contribution is -0.124. The van der Waals surface area contributed by atoms with Gasteiger partial charge >= 0.3 is 0 Å². The van der Waals surface area contributed by atoms with E-state index in [1.807, 2.05) is 31.3 Å². The van der Waals surface area contributed by atoms with Gasteiger partial charge in [-0.2, -0.15) is 0 Å². The zero-order valence-corrected chi connectivity index (χ0v) is 17.0. The topological polar surface area (TPSA) is 58.5 Å². The number of fused-ring (bicyclic) bond motifs is 1. The van der Waals surface area contributed by atoms with E-state index in [-0.39, 0.29) is 0 Å². The molecule has 28 heavy (non-hydrogen) atoms. The first-order chi connectivity index (χ1) is 13.6. The SMILES string of the molecule is COc1ccc(C[C@H]2[C@H]3CCCC[C@]3(O)CCN2Cc2ccnc(C)n2)cc1. The molecule has 1 saturated carbocycles. The summed E-state index contributed by atoms with van der Waals surface area (Å²) in [5.74, 6) is 2.02. The maximum absolute atomic E-state index is 11.4. The van der Waals surface area contributed by atoms with Crippen molar-refractivity contribution in [3.05, 3.63) is 53.6 Å². The van der Waals surface area contributed by atoms with Gasteiger partial charge in [0.25, 0.3) is 0 Å². The highest BCUT2D eigenvalue weighted by Gasteiger charge is 2.48. The number of aryl methyl sites for hydroxylation is 1. The Morgan fingerprint density at radius 2 is 2.00 bits per heavy atom. The first kappa shape index (κ1) is 19.3. The highest BCUT2D eigenvalue weighted by Crippen LogP contribution is 2.44. The molecule has 0 spiro atoms. The molecule has 1 aromatic carbocycles. The molecule has 1 N–H and O–H groups in total. The van der Waals surface area contributed by atoms with E-state index in [1.165, 1.54) is 12.0 Å². The van der Waals surface area contributed by atoms with E-state index in [1.54, 1.807) is 7.11 Å². The van der Waals surface area contributed by atoms with Crippen molar-refractivity contribution >= 4 is 0 Å². The largest absolute Gasteiger partial charge is 0.497 e. The van der Waals surface area contributed by atoms with Crippen LogP contribution in [0.15, 0.2) is 36.5 Å². The molecule has 2 aliphatic rings. The molecular formula is C23H31N3O2. The number of ether oxygens (including phenoxy) is 1. The predicted molar refractivity (Wildman–Crippen MR) is 109 cm³/mol. The molecule has 0 bridgehead atoms. The molecule has 1 aromatic heterocycles. The number of likely N-dealkylation sites (tertiary alicyclic amines) is 1. The number of methoxy groups -OCH3 is 1. The van der Waals surface area contributed by atoms with Crippen LogP contribution >= 0.6 is 0 Å². The number of rotatable bonds is 5. The highest BCUT2D eigenvalue weighted by molar-refractivity contribution is 5.28. The number of aromatic nitrogens is 2. The summed E-state index contributed by atoms with van der Waals surface area (Å²) in [6.07, 6.45) is 8.06. The maximum atomic E-state index is 11.4. The van der Waals surface area contributed by atoms with Crippen molar-refractivity contribution in [1.29, 1.82) is 0 Å². The number of hydrogen-bond donors (Lipinski definition) is 1. The minimum atomic E-state index is -0.506. The van der Waals surface area contributed by atoms with Crippen molar-refractivity contribution in [2.45, 2.75) is 63.6 Å². The second-order valence-electron chi connectivity index (χ2n) is 8.39. The summed E-state index contributed by atoms with van der Waals surface area (Å²) in [4.78, 5) is 11.4. The third kappa shape index (κ3) is 4.06. The van der Waals surface area contributed by atoms with Crippen molar-refractivity contribution in [3.8, 4) is 5.75 Å². The Labute approximate surface area is 167 Å². The Hall–Kier alpha value is -1.98. The van der Waals surface area contributed by atoms with Gasteiger partial charge < -0.3 is 9.84 Å². The highest BCUT2D eigenvalue weighted by atomic mass is 16.5. The number of aliphatic hydroxyl groups is 1. The van der Waals surface area contributed by atoms with Crippen molar-refractivity contribution in [1.82, 2.24) is 14.9 Å². The molecular weight excluding hydrogens is 350 g/mol. The lowest BCUT2D eigenvalue weighted by Crippen LogP contribution is -2.59. The summed E-state index contributed by atoms with van der Waals surface area (Å²) in [6.45, 7) is 3.67. The van der Waals surface area contributed by atoms with Gasteiger partial charge in [0.05, 0.1) is 18.4 Å². The summed E-state index contributed by atoms with van der Waals surface area (Å²) in [7, 11) is 1.70. The summed E-state index contributed by atoms with van der Waals surface area (Å²) < 4.78 is 5.31. The van der Waals surface area contributed by atoms with E-state index < -0.39 is 5.60 Å². The van der Waals surface area contributed by atoms with E-state index in [0.29, 0.717) is 12.0 Å². The normalized spacial score (nSPS) is 28.0. The quantitative estimate of drug-likeness (QED) is 0.859. The van der Waals surface area contributed by atoms with Crippen molar-refractivity contribution in [2.24, 2.45) is 5.92 Å². The molecule has 1 aliphatic heterocycles. The molecule has 1 aliphatic carbocycles. The van der Waals surface area contributed by atoms with Gasteiger partial charge in [0.1, 0.15) is 11.6 Å². The van der Waals surface area contributed by atoms with Crippen LogP contribution in [0.25, 0.3) is 0 Å². The first-order valence-corrected chi connectivity index (χ1v) is 10.5. The molecule has 2 aromatic rings. The van der Waals surface area contributed by atoms with E-state index in [0.717, 1.165) is 62.5 Å².